The van der Waals surface area contributed by atoms with Crippen molar-refractivity contribution >= 4 is 5.97 Å². The number of rotatable bonds is 5. The van der Waals surface area contributed by atoms with Gasteiger partial charge in [-0.3, -0.25) is 4.98 Å². The molecule has 5 nitrogen and oxygen atoms in total. The average Bonchev–Trinajstić information content (AvgIpc) is 2.79. The Morgan fingerprint density at radius 2 is 2.15 bits per heavy atom. The second-order valence-electron chi connectivity index (χ2n) is 4.55. The molecule has 1 N–H and O–H groups in total. The van der Waals surface area contributed by atoms with Gasteiger partial charge >= 0.3 is 5.97 Å². The van der Waals surface area contributed by atoms with Crippen molar-refractivity contribution < 1.29 is 13.9 Å². The molecule has 0 bridgehead atoms. The van der Waals surface area contributed by atoms with Gasteiger partial charge in [0.1, 0.15) is 17.1 Å². The van der Waals surface area contributed by atoms with Crippen molar-refractivity contribution in [2.75, 3.05) is 7.11 Å². The van der Waals surface area contributed by atoms with Crippen LogP contribution >= 0.6 is 0 Å². The van der Waals surface area contributed by atoms with Gasteiger partial charge in [0.2, 0.25) is 0 Å². The van der Waals surface area contributed by atoms with Crippen LogP contribution in [0.3, 0.4) is 0 Å². The normalized spacial score (nSPS) is 10.6. The molecule has 0 saturated carbocycles. The van der Waals surface area contributed by atoms with Crippen molar-refractivity contribution in [3.8, 4) is 0 Å². The molecule has 0 radical (unpaired) electrons. The first kappa shape index (κ1) is 14.3. The number of pyridine rings is 1. The highest BCUT2D eigenvalue weighted by molar-refractivity contribution is 5.90. The smallest absolute Gasteiger partial charge is 0.341 e. The third-order valence-electron chi connectivity index (χ3n) is 2.93. The van der Waals surface area contributed by atoms with E-state index < -0.39 is 0 Å². The first-order chi connectivity index (χ1) is 9.60. The molecule has 5 heteroatoms. The van der Waals surface area contributed by atoms with Crippen LogP contribution in [0, 0.1) is 13.8 Å². The van der Waals surface area contributed by atoms with Gasteiger partial charge in [0, 0.05) is 12.2 Å². The lowest BCUT2D eigenvalue weighted by atomic mass is 10.2. The summed E-state index contributed by atoms with van der Waals surface area (Å²) in [6.45, 7) is 4.89. The van der Waals surface area contributed by atoms with Gasteiger partial charge in [-0.2, -0.15) is 0 Å². The summed E-state index contributed by atoms with van der Waals surface area (Å²) in [7, 11) is 1.36. The highest BCUT2D eigenvalue weighted by Gasteiger charge is 2.14. The summed E-state index contributed by atoms with van der Waals surface area (Å²) in [5.41, 5.74) is 2.44. The zero-order chi connectivity index (χ0) is 14.5. The predicted octanol–water partition coefficient (Wildman–Crippen LogP) is 2.37. The molecule has 2 rings (SSSR count). The second kappa shape index (κ2) is 6.34. The minimum absolute atomic E-state index is 0.377. The van der Waals surface area contributed by atoms with E-state index in [0.29, 0.717) is 30.2 Å². The molecular weight excluding hydrogens is 256 g/mol. The molecule has 20 heavy (non-hydrogen) atoms. The third kappa shape index (κ3) is 3.45. The van der Waals surface area contributed by atoms with Crippen LogP contribution in [0.4, 0.5) is 0 Å². The number of aryl methyl sites for hydroxylation is 2. The number of nitrogens with zero attached hydrogens (tertiary/aromatic N) is 1. The van der Waals surface area contributed by atoms with E-state index in [4.69, 9.17) is 4.42 Å². The fourth-order valence-corrected chi connectivity index (χ4v) is 1.96. The van der Waals surface area contributed by atoms with Gasteiger partial charge in [0.25, 0.3) is 0 Å². The van der Waals surface area contributed by atoms with Crippen LogP contribution in [0.1, 0.15) is 33.3 Å². The largest absolute Gasteiger partial charge is 0.465 e. The molecule has 2 aromatic heterocycles. The number of hydrogen-bond acceptors (Lipinski definition) is 5. The zero-order valence-electron chi connectivity index (χ0n) is 11.9. The van der Waals surface area contributed by atoms with Crippen LogP contribution in [0.15, 0.2) is 28.7 Å². The van der Waals surface area contributed by atoms with E-state index in [1.54, 1.807) is 13.0 Å². The standard InChI is InChI=1S/C15H18N2O3/c1-10-5-4-6-12(17-10)8-16-9-13-7-14(11(2)20-13)15(18)19-3/h4-7,16H,8-9H2,1-3H3. The molecule has 2 heterocycles. The number of nitrogens with one attached hydrogen (secondary N) is 1. The quantitative estimate of drug-likeness (QED) is 0.848. The molecule has 0 aliphatic carbocycles. The Balaban J connectivity index is 1.93. The maximum Gasteiger partial charge on any atom is 0.341 e. The lowest BCUT2D eigenvalue weighted by Crippen LogP contribution is -2.13. The van der Waals surface area contributed by atoms with E-state index in [0.717, 1.165) is 11.4 Å². The van der Waals surface area contributed by atoms with Gasteiger partial charge in [-0.05, 0) is 32.0 Å². The lowest BCUT2D eigenvalue weighted by molar-refractivity contribution is 0.0599. The molecule has 0 saturated heterocycles. The number of aromatic nitrogens is 1. The molecular formula is C15H18N2O3. The van der Waals surface area contributed by atoms with E-state index in [1.807, 2.05) is 25.1 Å². The molecule has 0 spiro atoms. The van der Waals surface area contributed by atoms with E-state index in [2.05, 4.69) is 15.0 Å². The predicted molar refractivity (Wildman–Crippen MR) is 74.3 cm³/mol. The molecule has 0 fully saturated rings. The van der Waals surface area contributed by atoms with Gasteiger partial charge < -0.3 is 14.5 Å². The Morgan fingerprint density at radius 1 is 1.35 bits per heavy atom. The number of methoxy groups -OCH3 is 1. The minimum atomic E-state index is -0.377. The summed E-state index contributed by atoms with van der Waals surface area (Å²) < 4.78 is 10.2. The molecule has 0 aliphatic rings. The summed E-state index contributed by atoms with van der Waals surface area (Å²) in [6, 6.07) is 7.61. The van der Waals surface area contributed by atoms with Crippen LogP contribution in [0.5, 0.6) is 0 Å². The molecule has 0 amide bonds. The fraction of sp³-hybridized carbons (Fsp3) is 0.333. The zero-order valence-corrected chi connectivity index (χ0v) is 11.9. The van der Waals surface area contributed by atoms with Crippen molar-refractivity contribution in [2.45, 2.75) is 26.9 Å². The summed E-state index contributed by atoms with van der Waals surface area (Å²) >= 11 is 0. The van der Waals surface area contributed by atoms with Crippen LogP contribution < -0.4 is 5.32 Å². The van der Waals surface area contributed by atoms with Gasteiger partial charge in [0.05, 0.1) is 19.3 Å². The van der Waals surface area contributed by atoms with Crippen molar-refractivity contribution in [3.63, 3.8) is 0 Å². The average molecular weight is 274 g/mol. The van der Waals surface area contributed by atoms with E-state index in [-0.39, 0.29) is 5.97 Å². The molecule has 0 aromatic carbocycles. The Hall–Kier alpha value is -2.14. The maximum absolute atomic E-state index is 11.5. The van der Waals surface area contributed by atoms with Crippen LogP contribution in [-0.2, 0) is 17.8 Å². The fourth-order valence-electron chi connectivity index (χ4n) is 1.96. The van der Waals surface area contributed by atoms with Crippen molar-refractivity contribution in [2.24, 2.45) is 0 Å². The van der Waals surface area contributed by atoms with Crippen molar-refractivity contribution in [1.29, 1.82) is 0 Å². The molecule has 2 aromatic rings. The Labute approximate surface area is 118 Å². The molecule has 0 aliphatic heterocycles. The topological polar surface area (TPSA) is 64.4 Å². The number of ether oxygens (including phenoxy) is 1. The van der Waals surface area contributed by atoms with E-state index >= 15 is 0 Å². The summed E-state index contributed by atoms with van der Waals surface area (Å²) in [4.78, 5) is 15.9. The van der Waals surface area contributed by atoms with Crippen molar-refractivity contribution in [3.05, 3.63) is 52.7 Å². The minimum Gasteiger partial charge on any atom is -0.465 e. The number of carbonyl (C=O) groups is 1. The van der Waals surface area contributed by atoms with Crippen molar-refractivity contribution in [1.82, 2.24) is 10.3 Å². The molecule has 0 atom stereocenters. The monoisotopic (exact) mass is 274 g/mol. The first-order valence-corrected chi connectivity index (χ1v) is 6.41. The van der Waals surface area contributed by atoms with Crippen LogP contribution in [0.2, 0.25) is 0 Å². The van der Waals surface area contributed by atoms with Gasteiger partial charge in [-0.15, -0.1) is 0 Å². The van der Waals surface area contributed by atoms with E-state index in [9.17, 15) is 4.79 Å². The number of furan rings is 1. The second-order valence-corrected chi connectivity index (χ2v) is 4.55. The van der Waals surface area contributed by atoms with Gasteiger partial charge in [-0.25, -0.2) is 4.79 Å². The Kier molecular flexibility index (Phi) is 4.53. The lowest BCUT2D eigenvalue weighted by Gasteiger charge is -2.03. The third-order valence-corrected chi connectivity index (χ3v) is 2.93. The van der Waals surface area contributed by atoms with E-state index in [1.165, 1.54) is 7.11 Å². The molecule has 0 unspecified atom stereocenters. The van der Waals surface area contributed by atoms with Gasteiger partial charge in [0.15, 0.2) is 0 Å². The van der Waals surface area contributed by atoms with Gasteiger partial charge in [-0.1, -0.05) is 6.07 Å². The SMILES string of the molecule is COC(=O)c1cc(CNCc2cccc(C)n2)oc1C. The maximum atomic E-state index is 11.5. The summed E-state index contributed by atoms with van der Waals surface area (Å²) in [5, 5.41) is 3.23. The molecule has 106 valence electrons. The Bertz CT molecular complexity index is 605. The van der Waals surface area contributed by atoms with Crippen LogP contribution in [-0.4, -0.2) is 18.1 Å². The highest BCUT2D eigenvalue weighted by Crippen LogP contribution is 2.15. The number of hydrogen-bond donors (Lipinski definition) is 1. The highest BCUT2D eigenvalue weighted by atomic mass is 16.5. The summed E-state index contributed by atoms with van der Waals surface area (Å²) in [5.74, 6) is 0.899. The number of esters is 1. The number of carbonyl (C=O) groups excluding carboxylic acids is 1. The van der Waals surface area contributed by atoms with Crippen LogP contribution in [0.25, 0.3) is 0 Å². The first-order valence-electron chi connectivity index (χ1n) is 6.41. The Morgan fingerprint density at radius 3 is 2.85 bits per heavy atom. The summed E-state index contributed by atoms with van der Waals surface area (Å²) in [6.07, 6.45) is 0.